The number of methoxy groups -OCH3 is 1. The SMILES string of the molecule is COc1ncccc1-c1[nH]ncc1C(=O)N[C@@H](CC(N)=O)c1cccc(Cl)c1. The van der Waals surface area contributed by atoms with Crippen molar-refractivity contribution in [2.75, 3.05) is 7.11 Å². The molecule has 3 aromatic rings. The number of ether oxygens (including phenoxy) is 1. The lowest BCUT2D eigenvalue weighted by Gasteiger charge is -2.18. The quantitative estimate of drug-likeness (QED) is 0.563. The summed E-state index contributed by atoms with van der Waals surface area (Å²) in [6.45, 7) is 0. The number of nitrogens with zero attached hydrogens (tertiary/aromatic N) is 2. The largest absolute Gasteiger partial charge is 0.481 e. The third-order valence-corrected chi connectivity index (χ3v) is 4.31. The molecule has 0 aliphatic rings. The minimum atomic E-state index is -0.637. The van der Waals surface area contributed by atoms with E-state index in [1.165, 1.54) is 13.3 Å². The summed E-state index contributed by atoms with van der Waals surface area (Å²) in [4.78, 5) is 28.6. The molecule has 0 aliphatic heterocycles. The van der Waals surface area contributed by atoms with Gasteiger partial charge in [-0.1, -0.05) is 23.7 Å². The fourth-order valence-electron chi connectivity index (χ4n) is 2.82. The van der Waals surface area contributed by atoms with Gasteiger partial charge in [-0.3, -0.25) is 14.7 Å². The number of carbonyl (C=O) groups is 2. The molecule has 9 heteroatoms. The lowest BCUT2D eigenvalue weighted by Crippen LogP contribution is -2.32. The first kappa shape index (κ1) is 19.4. The summed E-state index contributed by atoms with van der Waals surface area (Å²) in [5, 5.41) is 10.1. The minimum absolute atomic E-state index is 0.0739. The molecular formula is C19H18ClN5O3. The molecule has 0 unspecified atom stereocenters. The summed E-state index contributed by atoms with van der Waals surface area (Å²) in [5.74, 6) is -0.628. The van der Waals surface area contributed by atoms with Gasteiger partial charge in [0.1, 0.15) is 0 Å². The number of H-pyrrole nitrogens is 1. The van der Waals surface area contributed by atoms with Crippen LogP contribution in [-0.4, -0.2) is 34.1 Å². The third kappa shape index (κ3) is 4.29. The van der Waals surface area contributed by atoms with Gasteiger partial charge in [-0.15, -0.1) is 0 Å². The molecule has 1 aromatic carbocycles. The molecule has 2 heterocycles. The van der Waals surface area contributed by atoms with E-state index in [2.05, 4.69) is 20.5 Å². The average Bonchev–Trinajstić information content (AvgIpc) is 3.17. The van der Waals surface area contributed by atoms with E-state index in [9.17, 15) is 9.59 Å². The maximum Gasteiger partial charge on any atom is 0.255 e. The van der Waals surface area contributed by atoms with Crippen LogP contribution in [-0.2, 0) is 4.79 Å². The van der Waals surface area contributed by atoms with Crippen molar-refractivity contribution in [3.05, 3.63) is 64.9 Å². The number of rotatable bonds is 7. The molecule has 0 aliphatic carbocycles. The Labute approximate surface area is 166 Å². The summed E-state index contributed by atoms with van der Waals surface area (Å²) in [6.07, 6.45) is 2.91. The predicted molar refractivity (Wildman–Crippen MR) is 104 cm³/mol. The fraction of sp³-hybridized carbons (Fsp3) is 0.158. The van der Waals surface area contributed by atoms with Crippen LogP contribution in [0.3, 0.4) is 0 Å². The van der Waals surface area contributed by atoms with Gasteiger partial charge >= 0.3 is 0 Å². The number of hydrogen-bond donors (Lipinski definition) is 3. The molecule has 0 fully saturated rings. The van der Waals surface area contributed by atoms with Crippen LogP contribution in [0, 0.1) is 0 Å². The number of aromatic amines is 1. The highest BCUT2D eigenvalue weighted by molar-refractivity contribution is 6.30. The highest BCUT2D eigenvalue weighted by Gasteiger charge is 2.23. The van der Waals surface area contributed by atoms with Crippen LogP contribution in [0.4, 0.5) is 0 Å². The van der Waals surface area contributed by atoms with Crippen molar-refractivity contribution < 1.29 is 14.3 Å². The number of carbonyl (C=O) groups excluding carboxylic acids is 2. The first-order valence-electron chi connectivity index (χ1n) is 8.37. The summed E-state index contributed by atoms with van der Waals surface area (Å²) in [5.41, 5.74) is 7.34. The number of benzene rings is 1. The topological polar surface area (TPSA) is 123 Å². The van der Waals surface area contributed by atoms with Crippen LogP contribution in [0.25, 0.3) is 11.3 Å². The van der Waals surface area contributed by atoms with Crippen LogP contribution in [0.5, 0.6) is 5.88 Å². The number of amides is 2. The molecule has 0 saturated carbocycles. The molecule has 0 saturated heterocycles. The van der Waals surface area contributed by atoms with Crippen LogP contribution >= 0.6 is 11.6 Å². The monoisotopic (exact) mass is 399 g/mol. The van der Waals surface area contributed by atoms with E-state index in [1.54, 1.807) is 42.6 Å². The predicted octanol–water partition coefficient (Wildman–Crippen LogP) is 2.48. The highest BCUT2D eigenvalue weighted by atomic mass is 35.5. The fourth-order valence-corrected chi connectivity index (χ4v) is 3.02. The van der Waals surface area contributed by atoms with Gasteiger partial charge in [-0.2, -0.15) is 5.10 Å². The van der Waals surface area contributed by atoms with E-state index in [1.807, 2.05) is 0 Å². The normalized spacial score (nSPS) is 11.6. The van der Waals surface area contributed by atoms with Gasteiger partial charge in [0.15, 0.2) is 0 Å². The van der Waals surface area contributed by atoms with Gasteiger partial charge in [0.05, 0.1) is 42.6 Å². The second-order valence-electron chi connectivity index (χ2n) is 5.97. The zero-order valence-electron chi connectivity index (χ0n) is 15.0. The zero-order chi connectivity index (χ0) is 20.1. The van der Waals surface area contributed by atoms with Crippen molar-refractivity contribution in [1.82, 2.24) is 20.5 Å². The van der Waals surface area contributed by atoms with Crippen molar-refractivity contribution in [3.8, 4) is 17.1 Å². The number of nitrogens with two attached hydrogens (primary N) is 1. The Bertz CT molecular complexity index is 1000. The van der Waals surface area contributed by atoms with Crippen LogP contribution < -0.4 is 15.8 Å². The maximum absolute atomic E-state index is 12.9. The molecule has 0 radical (unpaired) electrons. The number of halogens is 1. The number of aromatic nitrogens is 3. The van der Waals surface area contributed by atoms with Crippen molar-refractivity contribution >= 4 is 23.4 Å². The summed E-state index contributed by atoms with van der Waals surface area (Å²) < 4.78 is 5.25. The minimum Gasteiger partial charge on any atom is -0.481 e. The molecule has 2 aromatic heterocycles. The smallest absolute Gasteiger partial charge is 0.255 e. The summed E-state index contributed by atoms with van der Waals surface area (Å²) in [7, 11) is 1.49. The standard InChI is InChI=1S/C19H18ClN5O3/c1-28-19-13(6-3-7-22-19)17-14(10-23-25-17)18(27)24-15(9-16(21)26)11-4-2-5-12(20)8-11/h2-8,10,15H,9H2,1H3,(H2,21,26)(H,23,25)(H,24,27)/t15-/m0/s1. The second kappa shape index (κ2) is 8.53. The van der Waals surface area contributed by atoms with Crippen LogP contribution in [0.2, 0.25) is 5.02 Å². The van der Waals surface area contributed by atoms with Gasteiger partial charge in [0.25, 0.3) is 5.91 Å². The molecule has 1 atom stereocenters. The van der Waals surface area contributed by atoms with Gasteiger partial charge in [0, 0.05) is 11.2 Å². The van der Waals surface area contributed by atoms with E-state index in [-0.39, 0.29) is 12.0 Å². The number of nitrogens with one attached hydrogen (secondary N) is 2. The Morgan fingerprint density at radius 2 is 2.14 bits per heavy atom. The Kier molecular flexibility index (Phi) is 5.90. The van der Waals surface area contributed by atoms with Crippen LogP contribution in [0.15, 0.2) is 48.8 Å². The number of pyridine rings is 1. The molecule has 4 N–H and O–H groups in total. The molecule has 0 bridgehead atoms. The molecule has 0 spiro atoms. The van der Waals surface area contributed by atoms with Crippen molar-refractivity contribution in [1.29, 1.82) is 0 Å². The molecule has 144 valence electrons. The first-order valence-corrected chi connectivity index (χ1v) is 8.74. The van der Waals surface area contributed by atoms with Gasteiger partial charge < -0.3 is 15.8 Å². The molecule has 28 heavy (non-hydrogen) atoms. The zero-order valence-corrected chi connectivity index (χ0v) is 15.7. The Hall–Kier alpha value is -3.39. The lowest BCUT2D eigenvalue weighted by molar-refractivity contribution is -0.118. The lowest BCUT2D eigenvalue weighted by atomic mass is 10.0. The van der Waals surface area contributed by atoms with Gasteiger partial charge in [-0.25, -0.2) is 4.98 Å². The van der Waals surface area contributed by atoms with Crippen molar-refractivity contribution in [3.63, 3.8) is 0 Å². The third-order valence-electron chi connectivity index (χ3n) is 4.08. The van der Waals surface area contributed by atoms with E-state index < -0.39 is 17.9 Å². The average molecular weight is 400 g/mol. The van der Waals surface area contributed by atoms with Crippen LogP contribution in [0.1, 0.15) is 28.4 Å². The van der Waals surface area contributed by atoms with Crippen molar-refractivity contribution in [2.24, 2.45) is 5.73 Å². The number of hydrogen-bond acceptors (Lipinski definition) is 5. The van der Waals surface area contributed by atoms with E-state index in [4.69, 9.17) is 22.1 Å². The maximum atomic E-state index is 12.9. The Morgan fingerprint density at radius 1 is 1.32 bits per heavy atom. The first-order chi connectivity index (χ1) is 13.5. The molecular weight excluding hydrogens is 382 g/mol. The van der Waals surface area contributed by atoms with Crippen molar-refractivity contribution in [2.45, 2.75) is 12.5 Å². The number of primary amides is 1. The summed E-state index contributed by atoms with van der Waals surface area (Å²) in [6, 6.07) is 9.73. The highest BCUT2D eigenvalue weighted by Crippen LogP contribution is 2.29. The van der Waals surface area contributed by atoms with E-state index in [0.717, 1.165) is 0 Å². The Morgan fingerprint density at radius 3 is 2.86 bits per heavy atom. The van der Waals surface area contributed by atoms with Gasteiger partial charge in [0.2, 0.25) is 11.8 Å². The summed E-state index contributed by atoms with van der Waals surface area (Å²) >= 11 is 6.04. The van der Waals surface area contributed by atoms with E-state index in [0.29, 0.717) is 27.7 Å². The molecule has 2 amide bonds. The second-order valence-corrected chi connectivity index (χ2v) is 6.41. The molecule has 3 rings (SSSR count). The Balaban J connectivity index is 1.91. The van der Waals surface area contributed by atoms with E-state index >= 15 is 0 Å². The van der Waals surface area contributed by atoms with Gasteiger partial charge in [-0.05, 0) is 29.8 Å². The molecule has 8 nitrogen and oxygen atoms in total.